The van der Waals surface area contributed by atoms with E-state index in [9.17, 15) is 29.4 Å². The van der Waals surface area contributed by atoms with Gasteiger partial charge in [0.1, 0.15) is 23.9 Å². The molecule has 2 rings (SSSR count). The number of aliphatic imine (C=N–C) groups is 1. The molecular formula is C24H35N9O6S. The molecule has 3 amide bonds. The number of imidazole rings is 1. The Kier molecular flexibility index (Phi) is 12.7. The number of carbonyl (C=O) groups excluding carboxylic acids is 3. The van der Waals surface area contributed by atoms with E-state index in [0.717, 1.165) is 0 Å². The number of aliphatic carboxylic acids is 1. The summed E-state index contributed by atoms with van der Waals surface area (Å²) in [7, 11) is 0. The maximum Gasteiger partial charge on any atom is 0.326 e. The van der Waals surface area contributed by atoms with Gasteiger partial charge in [-0.05, 0) is 30.5 Å². The fraction of sp³-hybridized carbons (Fsp3) is 0.417. The van der Waals surface area contributed by atoms with Gasteiger partial charge in [-0.1, -0.05) is 12.1 Å². The van der Waals surface area contributed by atoms with Crippen LogP contribution in [0.3, 0.4) is 0 Å². The number of carbonyl (C=O) groups is 4. The molecule has 4 atom stereocenters. The van der Waals surface area contributed by atoms with Crippen molar-refractivity contribution in [3.8, 4) is 5.75 Å². The van der Waals surface area contributed by atoms with Crippen molar-refractivity contribution in [2.24, 2.45) is 22.2 Å². The second kappa shape index (κ2) is 15.9. The smallest absolute Gasteiger partial charge is 0.326 e. The van der Waals surface area contributed by atoms with E-state index in [4.69, 9.17) is 17.2 Å². The van der Waals surface area contributed by atoms with Crippen LogP contribution >= 0.6 is 12.6 Å². The molecule has 0 fully saturated rings. The summed E-state index contributed by atoms with van der Waals surface area (Å²) in [5.74, 6) is -3.60. The number of thiol groups is 1. The summed E-state index contributed by atoms with van der Waals surface area (Å²) >= 11 is 4.13. The van der Waals surface area contributed by atoms with Gasteiger partial charge in [0.05, 0.1) is 12.4 Å². The molecule has 1 aromatic heterocycles. The molecule has 15 nitrogen and oxygen atoms in total. The van der Waals surface area contributed by atoms with Crippen LogP contribution in [0.4, 0.5) is 0 Å². The minimum atomic E-state index is -1.29. The Morgan fingerprint density at radius 1 is 0.975 bits per heavy atom. The van der Waals surface area contributed by atoms with Crippen LogP contribution in [-0.2, 0) is 32.0 Å². The molecule has 0 aliphatic rings. The molecule has 1 heterocycles. The molecule has 1 aromatic carbocycles. The highest BCUT2D eigenvalue weighted by Crippen LogP contribution is 2.12. The summed E-state index contributed by atoms with van der Waals surface area (Å²) in [6.45, 7) is 0.275. The number of rotatable bonds is 16. The minimum absolute atomic E-state index is 0.0110. The molecule has 0 aliphatic carbocycles. The number of nitrogens with zero attached hydrogens (tertiary/aromatic N) is 2. The Morgan fingerprint density at radius 2 is 1.60 bits per heavy atom. The van der Waals surface area contributed by atoms with E-state index in [0.29, 0.717) is 17.7 Å². The lowest BCUT2D eigenvalue weighted by molar-refractivity contribution is -0.142. The van der Waals surface area contributed by atoms with Crippen LogP contribution in [0.1, 0.15) is 24.1 Å². The van der Waals surface area contributed by atoms with E-state index in [1.165, 1.54) is 24.7 Å². The number of aromatic nitrogens is 2. The van der Waals surface area contributed by atoms with Crippen molar-refractivity contribution in [1.82, 2.24) is 25.9 Å². The average Bonchev–Trinajstić information content (AvgIpc) is 3.42. The first-order chi connectivity index (χ1) is 19.0. The van der Waals surface area contributed by atoms with Crippen LogP contribution in [0.15, 0.2) is 41.8 Å². The summed E-state index contributed by atoms with van der Waals surface area (Å²) in [6.07, 6.45) is 3.43. The molecule has 0 bridgehead atoms. The molecule has 218 valence electrons. The van der Waals surface area contributed by atoms with E-state index in [1.54, 1.807) is 12.1 Å². The third-order valence-corrected chi connectivity index (χ3v) is 6.09. The molecule has 0 saturated carbocycles. The van der Waals surface area contributed by atoms with Crippen molar-refractivity contribution in [2.75, 3.05) is 12.3 Å². The standard InChI is InChI=1S/C24H35N9O6S/c25-16(2-1-7-29-24(26)27)20(35)31-17(8-13-3-5-15(34)6-4-13)21(36)33-19(11-40)22(37)32-18(23(38)39)9-14-10-28-12-30-14/h3-6,10,12,16-19,34,40H,1-2,7-9,11,25H2,(H,28,30)(H,31,35)(H,32,37)(H,33,36)(H,38,39)(H4,26,27,29). The van der Waals surface area contributed by atoms with Crippen molar-refractivity contribution in [2.45, 2.75) is 49.9 Å². The molecule has 0 aliphatic heterocycles. The lowest BCUT2D eigenvalue weighted by Gasteiger charge is -2.24. The van der Waals surface area contributed by atoms with Crippen molar-refractivity contribution >= 4 is 42.3 Å². The molecular weight excluding hydrogens is 542 g/mol. The van der Waals surface area contributed by atoms with Gasteiger partial charge >= 0.3 is 5.97 Å². The Balaban J connectivity index is 2.11. The molecule has 2 aromatic rings. The van der Waals surface area contributed by atoms with Crippen molar-refractivity contribution in [3.63, 3.8) is 0 Å². The summed E-state index contributed by atoms with van der Waals surface area (Å²) in [4.78, 5) is 61.0. The number of carboxylic acids is 1. The maximum atomic E-state index is 13.3. The number of aromatic hydroxyl groups is 1. The van der Waals surface area contributed by atoms with Crippen molar-refractivity contribution in [1.29, 1.82) is 0 Å². The zero-order valence-corrected chi connectivity index (χ0v) is 22.5. The Hall–Kier alpha value is -4.31. The predicted molar refractivity (Wildman–Crippen MR) is 149 cm³/mol. The van der Waals surface area contributed by atoms with Crippen LogP contribution in [-0.4, -0.2) is 86.3 Å². The highest BCUT2D eigenvalue weighted by Gasteiger charge is 2.30. The van der Waals surface area contributed by atoms with Crippen LogP contribution in [0, 0.1) is 0 Å². The Morgan fingerprint density at radius 3 is 2.17 bits per heavy atom. The van der Waals surface area contributed by atoms with Gasteiger partial charge in [0.2, 0.25) is 17.7 Å². The van der Waals surface area contributed by atoms with Crippen LogP contribution < -0.4 is 33.2 Å². The summed E-state index contributed by atoms with van der Waals surface area (Å²) < 4.78 is 0. The highest BCUT2D eigenvalue weighted by atomic mass is 32.1. The summed E-state index contributed by atoms with van der Waals surface area (Å²) in [5, 5.41) is 26.6. The predicted octanol–water partition coefficient (Wildman–Crippen LogP) is -2.25. The van der Waals surface area contributed by atoms with E-state index < -0.39 is 47.9 Å². The van der Waals surface area contributed by atoms with E-state index in [-0.39, 0.29) is 43.3 Å². The Labute approximate surface area is 235 Å². The summed E-state index contributed by atoms with van der Waals surface area (Å²) in [5.41, 5.74) is 17.7. The zero-order chi connectivity index (χ0) is 29.7. The molecule has 0 spiro atoms. The normalized spacial score (nSPS) is 13.8. The fourth-order valence-electron chi connectivity index (χ4n) is 3.56. The lowest BCUT2D eigenvalue weighted by atomic mass is 10.0. The number of nitrogens with two attached hydrogens (primary N) is 3. The Bertz CT molecular complexity index is 1160. The molecule has 40 heavy (non-hydrogen) atoms. The monoisotopic (exact) mass is 577 g/mol. The lowest BCUT2D eigenvalue weighted by Crippen LogP contribution is -2.58. The van der Waals surface area contributed by atoms with E-state index >= 15 is 0 Å². The number of guanidine groups is 1. The molecule has 4 unspecified atom stereocenters. The number of benzene rings is 1. The molecule has 0 radical (unpaired) electrons. The number of phenols is 1. The molecule has 16 heteroatoms. The minimum Gasteiger partial charge on any atom is -0.508 e. The van der Waals surface area contributed by atoms with E-state index in [1.807, 2.05) is 0 Å². The van der Waals surface area contributed by atoms with Crippen molar-refractivity contribution < 1.29 is 29.4 Å². The van der Waals surface area contributed by atoms with Gasteiger partial charge in [0.15, 0.2) is 5.96 Å². The number of nitrogens with one attached hydrogen (secondary N) is 4. The van der Waals surface area contributed by atoms with Gasteiger partial charge < -0.3 is 48.3 Å². The second-order valence-corrected chi connectivity index (χ2v) is 9.28. The number of amides is 3. The van der Waals surface area contributed by atoms with Gasteiger partial charge in [-0.2, -0.15) is 12.6 Å². The van der Waals surface area contributed by atoms with Crippen LogP contribution in [0.2, 0.25) is 0 Å². The number of aromatic amines is 1. The topological polar surface area (TPSA) is 264 Å². The third-order valence-electron chi connectivity index (χ3n) is 5.72. The maximum absolute atomic E-state index is 13.3. The quantitative estimate of drug-likeness (QED) is 0.0443. The fourth-order valence-corrected chi connectivity index (χ4v) is 3.82. The first-order valence-corrected chi connectivity index (χ1v) is 12.9. The van der Waals surface area contributed by atoms with E-state index in [2.05, 4.69) is 43.5 Å². The SMILES string of the molecule is NC(N)=NCCCC(N)C(=O)NC(Cc1ccc(O)cc1)C(=O)NC(CS)C(=O)NC(Cc1cnc[nH]1)C(=O)O. The number of phenolic OH excluding ortho intramolecular Hbond substituents is 1. The highest BCUT2D eigenvalue weighted by molar-refractivity contribution is 7.80. The number of hydrogen-bond donors (Lipinski definition) is 10. The first-order valence-electron chi connectivity index (χ1n) is 12.3. The largest absolute Gasteiger partial charge is 0.508 e. The third kappa shape index (κ3) is 10.8. The van der Waals surface area contributed by atoms with Gasteiger partial charge in [-0.25, -0.2) is 9.78 Å². The van der Waals surface area contributed by atoms with Crippen LogP contribution in [0.25, 0.3) is 0 Å². The van der Waals surface area contributed by atoms with Crippen molar-refractivity contribution in [3.05, 3.63) is 48.0 Å². The number of carboxylic acid groups (broad SMARTS) is 1. The number of H-pyrrole nitrogens is 1. The van der Waals surface area contributed by atoms with Gasteiger partial charge in [-0.3, -0.25) is 19.4 Å². The van der Waals surface area contributed by atoms with Gasteiger partial charge in [-0.15, -0.1) is 0 Å². The number of hydrogen-bond acceptors (Lipinski definition) is 9. The molecule has 0 saturated heterocycles. The molecule has 12 N–H and O–H groups in total. The summed E-state index contributed by atoms with van der Waals surface area (Å²) in [6, 6.07) is 1.38. The first kappa shape index (κ1) is 31.9. The zero-order valence-electron chi connectivity index (χ0n) is 21.6. The van der Waals surface area contributed by atoms with Gasteiger partial charge in [0, 0.05) is 37.0 Å². The average molecular weight is 578 g/mol. The van der Waals surface area contributed by atoms with Crippen LogP contribution in [0.5, 0.6) is 5.75 Å². The van der Waals surface area contributed by atoms with Gasteiger partial charge in [0.25, 0.3) is 0 Å². The second-order valence-electron chi connectivity index (χ2n) is 8.91.